The predicted molar refractivity (Wildman–Crippen MR) is 90.7 cm³/mol. The van der Waals surface area contributed by atoms with E-state index in [1.165, 1.54) is 13.0 Å². The Kier molecular flexibility index (Phi) is 4.35. The van der Waals surface area contributed by atoms with Crippen LogP contribution in [-0.2, 0) is 6.18 Å². The van der Waals surface area contributed by atoms with Crippen LogP contribution < -0.4 is 0 Å². The molecular weight excluding hydrogens is 377 g/mol. The Labute approximate surface area is 157 Å². The quantitative estimate of drug-likeness (QED) is 0.656. The van der Waals surface area contributed by atoms with Gasteiger partial charge >= 0.3 is 6.18 Å². The third-order valence-electron chi connectivity index (χ3n) is 4.84. The molecule has 0 radical (unpaired) electrons. The van der Waals surface area contributed by atoms with Gasteiger partial charge in [0.25, 0.3) is 11.6 Å². The van der Waals surface area contributed by atoms with E-state index in [1.54, 1.807) is 11.8 Å². The SMILES string of the molecule is Cc1cc(C(=O)N2CCCC(c3noc4nc(C)cc(C(F)(F)F)c34)C2)on1. The zero-order valence-corrected chi connectivity index (χ0v) is 15.2. The maximum Gasteiger partial charge on any atom is 0.417 e. The smallest absolute Gasteiger partial charge is 0.351 e. The lowest BCUT2D eigenvalue weighted by Gasteiger charge is -2.31. The van der Waals surface area contributed by atoms with E-state index in [-0.39, 0.29) is 40.7 Å². The zero-order chi connectivity index (χ0) is 20.1. The molecule has 3 aromatic heterocycles. The number of carbonyl (C=O) groups is 1. The van der Waals surface area contributed by atoms with Gasteiger partial charge in [-0.15, -0.1) is 0 Å². The Morgan fingerprint density at radius 2 is 1.96 bits per heavy atom. The molecule has 4 rings (SSSR count). The summed E-state index contributed by atoms with van der Waals surface area (Å²) in [6.07, 6.45) is -3.35. The summed E-state index contributed by atoms with van der Waals surface area (Å²) in [6.45, 7) is 3.87. The number of likely N-dealkylation sites (tertiary alicyclic amines) is 1. The van der Waals surface area contributed by atoms with Crippen molar-refractivity contribution >= 4 is 17.0 Å². The molecule has 1 aliphatic heterocycles. The Hall–Kier alpha value is -2.91. The number of aromatic nitrogens is 3. The monoisotopic (exact) mass is 394 g/mol. The minimum atomic E-state index is -4.56. The molecule has 1 aliphatic rings. The first-order valence-corrected chi connectivity index (χ1v) is 8.80. The lowest BCUT2D eigenvalue weighted by atomic mass is 9.91. The summed E-state index contributed by atoms with van der Waals surface area (Å²) < 4.78 is 50.8. The summed E-state index contributed by atoms with van der Waals surface area (Å²) in [5, 5.41) is 7.47. The highest BCUT2D eigenvalue weighted by Gasteiger charge is 2.38. The van der Waals surface area contributed by atoms with Crippen molar-refractivity contribution in [2.24, 2.45) is 0 Å². The van der Waals surface area contributed by atoms with Gasteiger partial charge < -0.3 is 13.9 Å². The van der Waals surface area contributed by atoms with Gasteiger partial charge in [-0.2, -0.15) is 13.2 Å². The highest BCUT2D eigenvalue weighted by Crippen LogP contribution is 2.40. The molecule has 1 atom stereocenters. The number of rotatable bonds is 2. The van der Waals surface area contributed by atoms with E-state index >= 15 is 0 Å². The Morgan fingerprint density at radius 1 is 1.18 bits per heavy atom. The minimum absolute atomic E-state index is 0.108. The number of alkyl halides is 3. The van der Waals surface area contributed by atoms with Crippen molar-refractivity contribution in [3.63, 3.8) is 0 Å². The molecule has 0 spiro atoms. The topological polar surface area (TPSA) is 85.3 Å². The van der Waals surface area contributed by atoms with E-state index in [4.69, 9.17) is 9.05 Å². The summed E-state index contributed by atoms with van der Waals surface area (Å²) in [6, 6.07) is 2.53. The van der Waals surface area contributed by atoms with Gasteiger partial charge in [0.15, 0.2) is 0 Å². The number of amides is 1. The molecule has 0 saturated carbocycles. The molecule has 28 heavy (non-hydrogen) atoms. The van der Waals surface area contributed by atoms with Crippen LogP contribution >= 0.6 is 0 Å². The molecule has 0 bridgehead atoms. The number of hydrogen-bond acceptors (Lipinski definition) is 6. The van der Waals surface area contributed by atoms with Gasteiger partial charge in [0.1, 0.15) is 0 Å². The number of pyridine rings is 1. The maximum absolute atomic E-state index is 13.6. The number of fused-ring (bicyclic) bond motifs is 1. The first-order chi connectivity index (χ1) is 13.2. The molecule has 1 saturated heterocycles. The largest absolute Gasteiger partial charge is 0.417 e. The molecule has 4 heterocycles. The first kappa shape index (κ1) is 18.5. The molecule has 7 nitrogen and oxygen atoms in total. The molecule has 3 aromatic rings. The van der Waals surface area contributed by atoms with Crippen molar-refractivity contribution in [3.05, 3.63) is 40.5 Å². The Bertz CT molecular complexity index is 1040. The minimum Gasteiger partial charge on any atom is -0.351 e. The van der Waals surface area contributed by atoms with Gasteiger partial charge in [-0.05, 0) is 32.8 Å². The van der Waals surface area contributed by atoms with Gasteiger partial charge in [0, 0.05) is 30.8 Å². The Balaban J connectivity index is 1.69. The molecule has 10 heteroatoms. The van der Waals surface area contributed by atoms with Crippen LogP contribution in [0.4, 0.5) is 13.2 Å². The van der Waals surface area contributed by atoms with Crippen LogP contribution in [0.15, 0.2) is 21.2 Å². The van der Waals surface area contributed by atoms with Crippen molar-refractivity contribution < 1.29 is 27.0 Å². The number of carbonyl (C=O) groups excluding carboxylic acids is 1. The summed E-state index contributed by atoms with van der Waals surface area (Å²) in [7, 11) is 0. The van der Waals surface area contributed by atoms with Crippen molar-refractivity contribution in [3.8, 4) is 0 Å². The fourth-order valence-corrected chi connectivity index (χ4v) is 3.60. The zero-order valence-electron chi connectivity index (χ0n) is 15.2. The van der Waals surface area contributed by atoms with E-state index in [0.29, 0.717) is 25.1 Å². The normalized spacial score (nSPS) is 18.0. The Morgan fingerprint density at radius 3 is 2.64 bits per heavy atom. The number of nitrogens with zero attached hydrogens (tertiary/aromatic N) is 4. The third-order valence-corrected chi connectivity index (χ3v) is 4.84. The molecule has 1 fully saturated rings. The lowest BCUT2D eigenvalue weighted by molar-refractivity contribution is -0.136. The van der Waals surface area contributed by atoms with Gasteiger partial charge in [-0.25, -0.2) is 4.98 Å². The molecule has 0 aromatic carbocycles. The maximum atomic E-state index is 13.6. The summed E-state index contributed by atoms with van der Waals surface area (Å²) in [5.74, 6) is -0.631. The van der Waals surface area contributed by atoms with Crippen LogP contribution in [0.3, 0.4) is 0 Å². The number of hydrogen-bond donors (Lipinski definition) is 0. The van der Waals surface area contributed by atoms with Gasteiger partial charge in [0.2, 0.25) is 5.76 Å². The number of piperidine rings is 1. The highest BCUT2D eigenvalue weighted by molar-refractivity contribution is 5.91. The van der Waals surface area contributed by atoms with Crippen LogP contribution in [0.1, 0.15) is 52.0 Å². The number of halogens is 3. The second kappa shape index (κ2) is 6.61. The van der Waals surface area contributed by atoms with Crippen LogP contribution in [0.5, 0.6) is 0 Å². The molecule has 1 amide bonds. The highest BCUT2D eigenvalue weighted by atomic mass is 19.4. The molecule has 1 unspecified atom stereocenters. The second-order valence-corrected chi connectivity index (χ2v) is 6.98. The van der Waals surface area contributed by atoms with Crippen LogP contribution in [0.2, 0.25) is 0 Å². The summed E-state index contributed by atoms with van der Waals surface area (Å²) in [5.41, 5.74) is -0.00222. The van der Waals surface area contributed by atoms with E-state index in [2.05, 4.69) is 15.3 Å². The second-order valence-electron chi connectivity index (χ2n) is 6.98. The van der Waals surface area contributed by atoms with Crippen molar-refractivity contribution in [2.45, 2.75) is 38.8 Å². The molecular formula is C18H17F3N4O3. The molecule has 148 valence electrons. The summed E-state index contributed by atoms with van der Waals surface area (Å²) >= 11 is 0. The van der Waals surface area contributed by atoms with Crippen molar-refractivity contribution in [1.82, 2.24) is 20.2 Å². The van der Waals surface area contributed by atoms with E-state index < -0.39 is 17.7 Å². The summed E-state index contributed by atoms with van der Waals surface area (Å²) in [4.78, 5) is 18.2. The average Bonchev–Trinajstić information content (AvgIpc) is 3.26. The van der Waals surface area contributed by atoms with Crippen molar-refractivity contribution in [1.29, 1.82) is 0 Å². The average molecular weight is 394 g/mol. The van der Waals surface area contributed by atoms with E-state index in [0.717, 1.165) is 6.07 Å². The standard InChI is InChI=1S/C18H17F3N4O3/c1-9-6-12(18(19,20)21)14-15(24-28-16(14)22-9)11-4-3-5-25(8-11)17(26)13-7-10(2)23-27-13/h6-7,11H,3-5,8H2,1-2H3. The molecule has 0 N–H and O–H groups in total. The van der Waals surface area contributed by atoms with Crippen LogP contribution in [0.25, 0.3) is 11.1 Å². The first-order valence-electron chi connectivity index (χ1n) is 8.80. The predicted octanol–water partition coefficient (Wildman–Crippen LogP) is 3.87. The van der Waals surface area contributed by atoms with Crippen molar-refractivity contribution in [2.75, 3.05) is 13.1 Å². The lowest BCUT2D eigenvalue weighted by Crippen LogP contribution is -2.39. The number of aryl methyl sites for hydroxylation is 2. The van der Waals surface area contributed by atoms with Gasteiger partial charge in [0.05, 0.1) is 22.3 Å². The van der Waals surface area contributed by atoms with Crippen LogP contribution in [-0.4, -0.2) is 39.2 Å². The van der Waals surface area contributed by atoms with Crippen LogP contribution in [0, 0.1) is 13.8 Å². The van der Waals surface area contributed by atoms with E-state index in [9.17, 15) is 18.0 Å². The van der Waals surface area contributed by atoms with Gasteiger partial charge in [-0.1, -0.05) is 10.3 Å². The molecule has 0 aliphatic carbocycles. The third kappa shape index (κ3) is 3.23. The van der Waals surface area contributed by atoms with E-state index in [1.807, 2.05) is 0 Å². The fourth-order valence-electron chi connectivity index (χ4n) is 3.60. The van der Waals surface area contributed by atoms with Gasteiger partial charge in [-0.3, -0.25) is 4.79 Å². The fraction of sp³-hybridized carbons (Fsp3) is 0.444.